The summed E-state index contributed by atoms with van der Waals surface area (Å²) in [5.74, 6) is 2.58. The molecule has 1 aromatic carbocycles. The van der Waals surface area contributed by atoms with E-state index in [4.69, 9.17) is 9.47 Å². The van der Waals surface area contributed by atoms with E-state index in [0.29, 0.717) is 6.04 Å². The van der Waals surface area contributed by atoms with Crippen LogP contribution in [0.5, 0.6) is 11.5 Å². The largest absolute Gasteiger partial charge is 0.494 e. The maximum Gasteiger partial charge on any atom is 0.139 e. The molecule has 2 aliphatic rings. The van der Waals surface area contributed by atoms with E-state index >= 15 is 0 Å². The van der Waals surface area contributed by atoms with Crippen LogP contribution in [0, 0.1) is 5.92 Å². The van der Waals surface area contributed by atoms with Gasteiger partial charge >= 0.3 is 0 Å². The molecular formula is C23H31N3O2. The number of aromatic nitrogens is 1. The molecule has 0 spiro atoms. The highest BCUT2D eigenvalue weighted by Crippen LogP contribution is 2.27. The van der Waals surface area contributed by atoms with E-state index in [0.717, 1.165) is 56.7 Å². The van der Waals surface area contributed by atoms with Gasteiger partial charge in [0, 0.05) is 25.2 Å². The van der Waals surface area contributed by atoms with Gasteiger partial charge < -0.3 is 19.7 Å². The van der Waals surface area contributed by atoms with Gasteiger partial charge in [0.05, 0.1) is 24.7 Å². The number of benzene rings is 1. The van der Waals surface area contributed by atoms with Crippen molar-refractivity contribution >= 4 is 5.69 Å². The molecule has 2 aliphatic heterocycles. The molecule has 28 heavy (non-hydrogen) atoms. The Hall–Kier alpha value is -2.27. The van der Waals surface area contributed by atoms with Crippen LogP contribution in [0.25, 0.3) is 0 Å². The molecule has 150 valence electrons. The number of hydrogen-bond acceptors (Lipinski definition) is 5. The predicted octanol–water partition coefficient (Wildman–Crippen LogP) is 3.90. The van der Waals surface area contributed by atoms with Crippen LogP contribution >= 0.6 is 0 Å². The zero-order valence-corrected chi connectivity index (χ0v) is 16.6. The second-order valence-corrected chi connectivity index (χ2v) is 7.86. The SMILES string of the molecule is c1ccc(OCCC2CCN(c3cncc(OCC4CCCN4)c3)CC2)cc1. The Labute approximate surface area is 168 Å². The summed E-state index contributed by atoms with van der Waals surface area (Å²) in [4.78, 5) is 6.83. The second-order valence-electron chi connectivity index (χ2n) is 7.86. The molecular weight excluding hydrogens is 350 g/mol. The van der Waals surface area contributed by atoms with E-state index in [-0.39, 0.29) is 0 Å². The van der Waals surface area contributed by atoms with Crippen LogP contribution in [0.15, 0.2) is 48.8 Å². The molecule has 1 N–H and O–H groups in total. The number of para-hydroxylation sites is 1. The third-order valence-electron chi connectivity index (χ3n) is 5.83. The summed E-state index contributed by atoms with van der Waals surface area (Å²) < 4.78 is 11.8. The Morgan fingerprint density at radius 3 is 2.64 bits per heavy atom. The van der Waals surface area contributed by atoms with Gasteiger partial charge in [0.25, 0.3) is 0 Å². The Morgan fingerprint density at radius 1 is 1.00 bits per heavy atom. The Balaban J connectivity index is 1.20. The summed E-state index contributed by atoms with van der Waals surface area (Å²) in [7, 11) is 0. The maximum absolute atomic E-state index is 5.97. The van der Waals surface area contributed by atoms with Crippen LogP contribution < -0.4 is 19.7 Å². The number of pyridine rings is 1. The monoisotopic (exact) mass is 381 g/mol. The summed E-state index contributed by atoms with van der Waals surface area (Å²) in [5, 5.41) is 3.47. The van der Waals surface area contributed by atoms with Crippen LogP contribution in [-0.2, 0) is 0 Å². The summed E-state index contributed by atoms with van der Waals surface area (Å²) in [6, 6.07) is 12.7. The Bertz CT molecular complexity index is 711. The number of nitrogens with one attached hydrogen (secondary N) is 1. The lowest BCUT2D eigenvalue weighted by Crippen LogP contribution is -2.34. The van der Waals surface area contributed by atoms with Crippen molar-refractivity contribution in [2.75, 3.05) is 37.7 Å². The van der Waals surface area contributed by atoms with Crippen molar-refractivity contribution in [1.29, 1.82) is 0 Å². The fraction of sp³-hybridized carbons (Fsp3) is 0.522. The molecule has 2 aromatic rings. The van der Waals surface area contributed by atoms with Crippen LogP contribution in [-0.4, -0.2) is 43.9 Å². The van der Waals surface area contributed by atoms with Crippen LogP contribution in [0.4, 0.5) is 5.69 Å². The number of nitrogens with zero attached hydrogens (tertiary/aromatic N) is 2. The van der Waals surface area contributed by atoms with E-state index < -0.39 is 0 Å². The third kappa shape index (κ3) is 5.38. The molecule has 1 atom stereocenters. The molecule has 5 heteroatoms. The van der Waals surface area contributed by atoms with Crippen molar-refractivity contribution in [2.24, 2.45) is 5.92 Å². The first-order valence-electron chi connectivity index (χ1n) is 10.6. The number of piperidine rings is 1. The van der Waals surface area contributed by atoms with E-state index in [1.807, 2.05) is 42.7 Å². The lowest BCUT2D eigenvalue weighted by molar-refractivity contribution is 0.258. The summed E-state index contributed by atoms with van der Waals surface area (Å²) in [5.41, 5.74) is 1.18. The average Bonchev–Trinajstić information content (AvgIpc) is 3.28. The van der Waals surface area contributed by atoms with Gasteiger partial charge in [-0.25, -0.2) is 0 Å². The molecule has 0 radical (unpaired) electrons. The van der Waals surface area contributed by atoms with Crippen LogP contribution in [0.1, 0.15) is 32.1 Å². The molecule has 2 saturated heterocycles. The minimum atomic E-state index is 0.484. The Kier molecular flexibility index (Phi) is 6.66. The normalized spacial score (nSPS) is 20.3. The van der Waals surface area contributed by atoms with Gasteiger partial charge in [-0.15, -0.1) is 0 Å². The Morgan fingerprint density at radius 2 is 1.86 bits per heavy atom. The van der Waals surface area contributed by atoms with Gasteiger partial charge in [-0.2, -0.15) is 0 Å². The zero-order valence-electron chi connectivity index (χ0n) is 16.6. The van der Waals surface area contributed by atoms with Crippen molar-refractivity contribution in [3.8, 4) is 11.5 Å². The molecule has 5 nitrogen and oxygen atoms in total. The summed E-state index contributed by atoms with van der Waals surface area (Å²) in [6.07, 6.45) is 9.76. The highest BCUT2D eigenvalue weighted by molar-refractivity contribution is 5.48. The lowest BCUT2D eigenvalue weighted by Gasteiger charge is -2.33. The van der Waals surface area contributed by atoms with Crippen molar-refractivity contribution in [3.05, 3.63) is 48.8 Å². The molecule has 2 fully saturated rings. The van der Waals surface area contributed by atoms with E-state index in [1.54, 1.807) is 0 Å². The zero-order chi connectivity index (χ0) is 19.0. The van der Waals surface area contributed by atoms with E-state index in [1.165, 1.54) is 31.4 Å². The number of ether oxygens (including phenoxy) is 2. The number of rotatable bonds is 8. The van der Waals surface area contributed by atoms with Gasteiger partial charge in [0.15, 0.2) is 0 Å². The number of anilines is 1. The molecule has 1 aromatic heterocycles. The standard InChI is InChI=1S/C23H31N3O2/c1-2-6-22(7-3-1)27-14-10-19-8-12-26(13-9-19)21-15-23(17-24-16-21)28-18-20-5-4-11-25-20/h1-3,6-7,15-17,19-20,25H,4-5,8-14,18H2. The fourth-order valence-corrected chi connectivity index (χ4v) is 4.10. The molecule has 0 aliphatic carbocycles. The smallest absolute Gasteiger partial charge is 0.139 e. The minimum Gasteiger partial charge on any atom is -0.494 e. The van der Waals surface area contributed by atoms with Gasteiger partial charge in [-0.1, -0.05) is 18.2 Å². The summed E-state index contributed by atoms with van der Waals surface area (Å²) >= 11 is 0. The second kappa shape index (κ2) is 9.78. The fourth-order valence-electron chi connectivity index (χ4n) is 4.10. The highest BCUT2D eigenvalue weighted by Gasteiger charge is 2.20. The molecule has 3 heterocycles. The van der Waals surface area contributed by atoms with Crippen molar-refractivity contribution in [3.63, 3.8) is 0 Å². The molecule has 0 bridgehead atoms. The topological polar surface area (TPSA) is 46.6 Å². The lowest BCUT2D eigenvalue weighted by atomic mass is 9.94. The van der Waals surface area contributed by atoms with Gasteiger partial charge in [-0.05, 0) is 56.7 Å². The quantitative estimate of drug-likeness (QED) is 0.751. The molecule has 4 rings (SSSR count). The maximum atomic E-state index is 5.97. The van der Waals surface area contributed by atoms with E-state index in [2.05, 4.69) is 21.3 Å². The first-order chi connectivity index (χ1) is 13.9. The first kappa shape index (κ1) is 19.1. The van der Waals surface area contributed by atoms with Crippen LogP contribution in [0.2, 0.25) is 0 Å². The molecule has 0 amide bonds. The van der Waals surface area contributed by atoms with Gasteiger partial charge in [-0.3, -0.25) is 4.98 Å². The van der Waals surface area contributed by atoms with Crippen LogP contribution in [0.3, 0.4) is 0 Å². The number of hydrogen-bond donors (Lipinski definition) is 1. The van der Waals surface area contributed by atoms with Crippen molar-refractivity contribution in [2.45, 2.75) is 38.1 Å². The van der Waals surface area contributed by atoms with Crippen molar-refractivity contribution < 1.29 is 9.47 Å². The minimum absolute atomic E-state index is 0.484. The summed E-state index contributed by atoms with van der Waals surface area (Å²) in [6.45, 7) is 4.79. The van der Waals surface area contributed by atoms with Crippen molar-refractivity contribution in [1.82, 2.24) is 10.3 Å². The molecule has 1 unspecified atom stereocenters. The van der Waals surface area contributed by atoms with E-state index in [9.17, 15) is 0 Å². The highest BCUT2D eigenvalue weighted by atomic mass is 16.5. The molecule has 0 saturated carbocycles. The average molecular weight is 382 g/mol. The van der Waals surface area contributed by atoms with Gasteiger partial charge in [0.2, 0.25) is 0 Å². The van der Waals surface area contributed by atoms with Gasteiger partial charge in [0.1, 0.15) is 18.1 Å². The third-order valence-corrected chi connectivity index (χ3v) is 5.83. The predicted molar refractivity (Wildman–Crippen MR) is 112 cm³/mol. The first-order valence-corrected chi connectivity index (χ1v) is 10.6.